The van der Waals surface area contributed by atoms with Gasteiger partial charge in [-0.25, -0.2) is 9.37 Å². The van der Waals surface area contributed by atoms with Crippen LogP contribution < -0.4 is 10.3 Å². The number of H-pyrrole nitrogens is 1. The Morgan fingerprint density at radius 3 is 2.83 bits per heavy atom. The molecule has 1 fully saturated rings. The molecule has 2 aromatic carbocycles. The van der Waals surface area contributed by atoms with Crippen LogP contribution in [0.1, 0.15) is 18.7 Å². The third-order valence-electron chi connectivity index (χ3n) is 4.99. The summed E-state index contributed by atoms with van der Waals surface area (Å²) >= 11 is 0. The molecule has 1 amide bonds. The van der Waals surface area contributed by atoms with Crippen molar-refractivity contribution >= 4 is 16.8 Å². The monoisotopic (exact) mass is 411 g/mol. The van der Waals surface area contributed by atoms with Crippen LogP contribution in [-0.2, 0) is 16.1 Å². The maximum atomic E-state index is 13.8. The number of ether oxygens (including phenoxy) is 2. The van der Waals surface area contributed by atoms with Gasteiger partial charge in [0, 0.05) is 13.2 Å². The van der Waals surface area contributed by atoms with Crippen LogP contribution in [-0.4, -0.2) is 46.6 Å². The molecule has 0 unspecified atom stereocenters. The van der Waals surface area contributed by atoms with Crippen molar-refractivity contribution in [1.82, 2.24) is 14.9 Å². The number of carbonyl (C=O) groups excluding carboxylic acids is 1. The summed E-state index contributed by atoms with van der Waals surface area (Å²) in [4.78, 5) is 34.0. The van der Waals surface area contributed by atoms with E-state index in [-0.39, 0.29) is 36.5 Å². The highest BCUT2D eigenvalue weighted by Crippen LogP contribution is 2.17. The first kappa shape index (κ1) is 20.0. The fourth-order valence-electron chi connectivity index (χ4n) is 3.47. The van der Waals surface area contributed by atoms with E-state index in [9.17, 15) is 14.0 Å². The van der Waals surface area contributed by atoms with Crippen LogP contribution in [0.15, 0.2) is 53.3 Å². The highest BCUT2D eigenvalue weighted by atomic mass is 19.1. The third-order valence-corrected chi connectivity index (χ3v) is 4.99. The zero-order valence-electron chi connectivity index (χ0n) is 16.3. The number of rotatable bonds is 7. The molecule has 0 bridgehead atoms. The van der Waals surface area contributed by atoms with Gasteiger partial charge in [-0.3, -0.25) is 9.59 Å². The summed E-state index contributed by atoms with van der Waals surface area (Å²) in [6, 6.07) is 12.9. The largest absolute Gasteiger partial charge is 0.481 e. The smallest absolute Gasteiger partial charge is 0.261 e. The molecular weight excluding hydrogens is 389 g/mol. The second kappa shape index (κ2) is 9.04. The molecule has 4 rings (SSSR count). The molecule has 7 nitrogen and oxygen atoms in total. The lowest BCUT2D eigenvalue weighted by Crippen LogP contribution is -2.40. The lowest BCUT2D eigenvalue weighted by atomic mass is 10.2. The summed E-state index contributed by atoms with van der Waals surface area (Å²) in [6.45, 7) is 0.768. The molecule has 1 saturated heterocycles. The van der Waals surface area contributed by atoms with Crippen LogP contribution in [0, 0.1) is 5.82 Å². The maximum Gasteiger partial charge on any atom is 0.261 e. The van der Waals surface area contributed by atoms with E-state index in [0.29, 0.717) is 29.9 Å². The SMILES string of the molecule is O=C(COc1ccccc1F)N(Cc1nc2ccccc2c(=O)[nH]1)C[C@H]1CCCO1. The molecule has 30 heavy (non-hydrogen) atoms. The van der Waals surface area contributed by atoms with Crippen molar-refractivity contribution in [1.29, 1.82) is 0 Å². The first-order valence-corrected chi connectivity index (χ1v) is 9.85. The van der Waals surface area contributed by atoms with Gasteiger partial charge in [0.2, 0.25) is 0 Å². The number of fused-ring (bicyclic) bond motifs is 1. The van der Waals surface area contributed by atoms with E-state index in [2.05, 4.69) is 9.97 Å². The maximum absolute atomic E-state index is 13.8. The van der Waals surface area contributed by atoms with Crippen LogP contribution in [0.25, 0.3) is 10.9 Å². The van der Waals surface area contributed by atoms with Crippen LogP contribution in [0.4, 0.5) is 4.39 Å². The Morgan fingerprint density at radius 2 is 2.03 bits per heavy atom. The molecule has 1 aromatic heterocycles. The van der Waals surface area contributed by atoms with Crippen molar-refractivity contribution in [2.24, 2.45) is 0 Å². The highest BCUT2D eigenvalue weighted by molar-refractivity contribution is 5.78. The average Bonchev–Trinajstić information content (AvgIpc) is 3.26. The van der Waals surface area contributed by atoms with Gasteiger partial charge in [0.15, 0.2) is 18.2 Å². The predicted octanol–water partition coefficient (Wildman–Crippen LogP) is 2.65. The molecule has 0 aliphatic carbocycles. The topological polar surface area (TPSA) is 84.5 Å². The van der Waals surface area contributed by atoms with Crippen LogP contribution >= 0.6 is 0 Å². The van der Waals surface area contributed by atoms with E-state index in [0.717, 1.165) is 12.8 Å². The highest BCUT2D eigenvalue weighted by Gasteiger charge is 2.24. The van der Waals surface area contributed by atoms with Gasteiger partial charge in [-0.05, 0) is 37.1 Å². The number of hydrogen-bond acceptors (Lipinski definition) is 5. The van der Waals surface area contributed by atoms with Gasteiger partial charge in [-0.15, -0.1) is 0 Å². The number of halogens is 1. The van der Waals surface area contributed by atoms with E-state index >= 15 is 0 Å². The number of hydrogen-bond donors (Lipinski definition) is 1. The van der Waals surface area contributed by atoms with Crippen molar-refractivity contribution in [3.05, 3.63) is 70.5 Å². The molecule has 3 aromatic rings. The van der Waals surface area contributed by atoms with Crippen LogP contribution in [0.2, 0.25) is 0 Å². The molecular formula is C22H22FN3O4. The fraction of sp³-hybridized carbons (Fsp3) is 0.318. The lowest BCUT2D eigenvalue weighted by molar-refractivity contribution is -0.135. The number of nitrogens with zero attached hydrogens (tertiary/aromatic N) is 2. The molecule has 8 heteroatoms. The minimum Gasteiger partial charge on any atom is -0.481 e. The number of amides is 1. The predicted molar refractivity (Wildman–Crippen MR) is 109 cm³/mol. The second-order valence-electron chi connectivity index (χ2n) is 7.16. The number of carbonyl (C=O) groups is 1. The van der Waals surface area contributed by atoms with Crippen molar-refractivity contribution < 1.29 is 18.7 Å². The van der Waals surface area contributed by atoms with Crippen molar-refractivity contribution in [2.75, 3.05) is 19.8 Å². The summed E-state index contributed by atoms with van der Waals surface area (Å²) in [5.41, 5.74) is 0.297. The minimum absolute atomic E-state index is 0.0140. The Morgan fingerprint density at radius 1 is 1.23 bits per heavy atom. The Hall–Kier alpha value is -3.26. The molecule has 1 aliphatic heterocycles. The zero-order valence-corrected chi connectivity index (χ0v) is 16.3. The van der Waals surface area contributed by atoms with E-state index in [1.165, 1.54) is 17.0 Å². The van der Waals surface area contributed by atoms with Gasteiger partial charge < -0.3 is 19.4 Å². The van der Waals surface area contributed by atoms with Crippen LogP contribution in [0.3, 0.4) is 0 Å². The van der Waals surface area contributed by atoms with Gasteiger partial charge in [0.25, 0.3) is 11.5 Å². The Balaban J connectivity index is 1.52. The summed E-state index contributed by atoms with van der Waals surface area (Å²) in [6.07, 6.45) is 1.69. The number of para-hydroxylation sites is 2. The van der Waals surface area contributed by atoms with Gasteiger partial charge in [-0.1, -0.05) is 24.3 Å². The molecule has 1 atom stereocenters. The lowest BCUT2D eigenvalue weighted by Gasteiger charge is -2.25. The minimum atomic E-state index is -0.531. The molecule has 2 heterocycles. The van der Waals surface area contributed by atoms with E-state index in [1.807, 2.05) is 0 Å². The van der Waals surface area contributed by atoms with E-state index in [4.69, 9.17) is 9.47 Å². The summed E-state index contributed by atoms with van der Waals surface area (Å²) in [5.74, 6) is -0.489. The van der Waals surface area contributed by atoms with Crippen molar-refractivity contribution in [3.63, 3.8) is 0 Å². The zero-order chi connectivity index (χ0) is 20.9. The average molecular weight is 411 g/mol. The molecule has 0 saturated carbocycles. The molecule has 156 valence electrons. The quantitative estimate of drug-likeness (QED) is 0.646. The van der Waals surface area contributed by atoms with Crippen molar-refractivity contribution in [3.8, 4) is 5.75 Å². The molecule has 0 spiro atoms. The Labute approximate surface area is 172 Å². The molecule has 0 radical (unpaired) electrons. The van der Waals surface area contributed by atoms with E-state index in [1.54, 1.807) is 36.4 Å². The number of benzene rings is 2. The number of nitrogens with one attached hydrogen (secondary N) is 1. The summed E-state index contributed by atoms with van der Waals surface area (Å²) < 4.78 is 24.8. The Bertz CT molecular complexity index is 1090. The van der Waals surface area contributed by atoms with Crippen molar-refractivity contribution in [2.45, 2.75) is 25.5 Å². The normalized spacial score (nSPS) is 16.0. The first-order valence-electron chi connectivity index (χ1n) is 9.85. The number of aromatic amines is 1. The van der Waals surface area contributed by atoms with Gasteiger partial charge in [-0.2, -0.15) is 0 Å². The van der Waals surface area contributed by atoms with Crippen LogP contribution in [0.5, 0.6) is 5.75 Å². The van der Waals surface area contributed by atoms with Gasteiger partial charge in [0.05, 0.1) is 23.6 Å². The van der Waals surface area contributed by atoms with E-state index < -0.39 is 5.82 Å². The third kappa shape index (κ3) is 4.65. The first-order chi connectivity index (χ1) is 14.6. The number of aromatic nitrogens is 2. The second-order valence-corrected chi connectivity index (χ2v) is 7.16. The van der Waals surface area contributed by atoms with Gasteiger partial charge >= 0.3 is 0 Å². The molecule has 1 aliphatic rings. The molecule has 1 N–H and O–H groups in total. The van der Waals surface area contributed by atoms with Gasteiger partial charge in [0.1, 0.15) is 5.82 Å². The summed E-state index contributed by atoms with van der Waals surface area (Å²) in [7, 11) is 0. The Kier molecular flexibility index (Phi) is 6.04. The fourth-order valence-corrected chi connectivity index (χ4v) is 3.47. The standard InChI is InChI=1S/C22H22FN3O4/c23-17-8-2-4-10-19(17)30-14-21(27)26(12-15-6-5-11-29-15)13-20-24-18-9-3-1-7-16(18)22(28)25-20/h1-4,7-10,15H,5-6,11-14H2,(H,24,25,28)/t15-/m1/s1. The summed E-state index contributed by atoms with van der Waals surface area (Å²) in [5, 5.41) is 0.487.